The monoisotopic (exact) mass is 143 g/mol. The van der Waals surface area contributed by atoms with Gasteiger partial charge in [0.2, 0.25) is 0 Å². The lowest BCUT2D eigenvalue weighted by molar-refractivity contribution is 0.0507. The van der Waals surface area contributed by atoms with Crippen LogP contribution in [-0.2, 0) is 4.84 Å². The molecule has 0 aromatic carbocycles. The molecule has 0 bridgehead atoms. The molecule has 2 nitrogen and oxygen atoms in total. The Morgan fingerprint density at radius 3 is 2.60 bits per heavy atom. The average Bonchev–Trinajstić information content (AvgIpc) is 1.98. The van der Waals surface area contributed by atoms with E-state index in [2.05, 4.69) is 19.0 Å². The summed E-state index contributed by atoms with van der Waals surface area (Å²) in [4.78, 5) is 5.15. The van der Waals surface area contributed by atoms with Gasteiger partial charge in [0.1, 0.15) is 6.10 Å². The van der Waals surface area contributed by atoms with Gasteiger partial charge in [-0.15, -0.1) is 0 Å². The van der Waals surface area contributed by atoms with Crippen LogP contribution in [0.15, 0.2) is 5.16 Å². The van der Waals surface area contributed by atoms with Gasteiger partial charge in [-0.25, -0.2) is 0 Å². The molecule has 0 saturated heterocycles. The largest absolute Gasteiger partial charge is 0.393 e. The molecule has 0 aromatic heterocycles. The second-order valence-corrected chi connectivity index (χ2v) is 2.29. The first-order chi connectivity index (χ1) is 4.85. The third kappa shape index (κ3) is 4.36. The fourth-order valence-electron chi connectivity index (χ4n) is 0.800. The van der Waals surface area contributed by atoms with Crippen molar-refractivity contribution in [2.45, 2.75) is 46.1 Å². The Morgan fingerprint density at radius 1 is 1.50 bits per heavy atom. The molecule has 0 aliphatic heterocycles. The molecule has 10 heavy (non-hydrogen) atoms. The number of nitrogens with zero attached hydrogens (tertiary/aromatic N) is 1. The van der Waals surface area contributed by atoms with Crippen molar-refractivity contribution in [1.82, 2.24) is 0 Å². The van der Waals surface area contributed by atoms with Gasteiger partial charge in [0.15, 0.2) is 0 Å². The summed E-state index contributed by atoms with van der Waals surface area (Å²) in [6.45, 7) is 6.13. The van der Waals surface area contributed by atoms with Crippen molar-refractivity contribution in [3.8, 4) is 0 Å². The molecule has 0 amide bonds. The van der Waals surface area contributed by atoms with Gasteiger partial charge in [-0.2, -0.15) is 0 Å². The predicted molar refractivity (Wildman–Crippen MR) is 44.2 cm³/mol. The minimum absolute atomic E-state index is 0.321. The first-order valence-electron chi connectivity index (χ1n) is 3.98. The lowest BCUT2D eigenvalue weighted by Crippen LogP contribution is -2.07. The van der Waals surface area contributed by atoms with Crippen LogP contribution >= 0.6 is 0 Å². The Hall–Kier alpha value is -0.530. The molecule has 0 heterocycles. The maximum atomic E-state index is 5.15. The quantitative estimate of drug-likeness (QED) is 0.428. The second-order valence-electron chi connectivity index (χ2n) is 2.29. The first-order valence-corrected chi connectivity index (χ1v) is 3.98. The minimum Gasteiger partial charge on any atom is -0.393 e. The molecule has 0 rings (SSSR count). The van der Waals surface area contributed by atoms with Gasteiger partial charge in [0, 0.05) is 6.21 Å². The summed E-state index contributed by atoms with van der Waals surface area (Å²) >= 11 is 0. The zero-order valence-corrected chi connectivity index (χ0v) is 7.13. The van der Waals surface area contributed by atoms with E-state index in [1.54, 1.807) is 6.21 Å². The van der Waals surface area contributed by atoms with Crippen LogP contribution in [0.4, 0.5) is 0 Å². The minimum atomic E-state index is 0.321. The van der Waals surface area contributed by atoms with Crippen molar-refractivity contribution in [3.63, 3.8) is 0 Å². The molecule has 0 saturated carbocycles. The van der Waals surface area contributed by atoms with Gasteiger partial charge >= 0.3 is 0 Å². The Bertz CT molecular complexity index is 91.3. The maximum Gasteiger partial charge on any atom is 0.127 e. The van der Waals surface area contributed by atoms with Crippen molar-refractivity contribution in [1.29, 1.82) is 0 Å². The SMILES string of the molecule is CC=NOC(CC)CCC. The third-order valence-corrected chi connectivity index (χ3v) is 1.38. The molecule has 0 N–H and O–H groups in total. The van der Waals surface area contributed by atoms with E-state index in [0.29, 0.717) is 6.10 Å². The first kappa shape index (κ1) is 9.47. The second kappa shape index (κ2) is 6.59. The van der Waals surface area contributed by atoms with Crippen LogP contribution < -0.4 is 0 Å². The molecule has 0 fully saturated rings. The fourth-order valence-corrected chi connectivity index (χ4v) is 0.800. The highest BCUT2D eigenvalue weighted by Gasteiger charge is 2.02. The lowest BCUT2D eigenvalue weighted by Gasteiger charge is -2.10. The van der Waals surface area contributed by atoms with E-state index in [1.807, 2.05) is 6.92 Å². The molecule has 0 aromatic rings. The van der Waals surface area contributed by atoms with Crippen molar-refractivity contribution < 1.29 is 4.84 Å². The summed E-state index contributed by atoms with van der Waals surface area (Å²) in [5.74, 6) is 0. The zero-order valence-electron chi connectivity index (χ0n) is 7.13. The van der Waals surface area contributed by atoms with Crippen molar-refractivity contribution in [3.05, 3.63) is 0 Å². The molecule has 0 aliphatic carbocycles. The highest BCUT2D eigenvalue weighted by molar-refractivity contribution is 5.52. The maximum absolute atomic E-state index is 5.15. The topological polar surface area (TPSA) is 21.6 Å². The van der Waals surface area contributed by atoms with Crippen LogP contribution in [-0.4, -0.2) is 12.3 Å². The van der Waals surface area contributed by atoms with Gasteiger partial charge in [-0.3, -0.25) is 0 Å². The van der Waals surface area contributed by atoms with E-state index in [9.17, 15) is 0 Å². The van der Waals surface area contributed by atoms with E-state index in [-0.39, 0.29) is 0 Å². The standard InChI is InChI=1S/C8H17NO/c1-4-7-8(5-2)10-9-6-3/h6,8H,4-5,7H2,1-3H3. The summed E-state index contributed by atoms with van der Waals surface area (Å²) in [6.07, 6.45) is 5.32. The van der Waals surface area contributed by atoms with Crippen LogP contribution in [0.5, 0.6) is 0 Å². The molecule has 2 heteroatoms. The highest BCUT2D eigenvalue weighted by Crippen LogP contribution is 2.05. The Morgan fingerprint density at radius 2 is 2.20 bits per heavy atom. The predicted octanol–water partition coefficient (Wildman–Crippen LogP) is 2.59. The Balaban J connectivity index is 3.39. The van der Waals surface area contributed by atoms with Crippen molar-refractivity contribution in [2.24, 2.45) is 5.16 Å². The zero-order chi connectivity index (χ0) is 7.82. The van der Waals surface area contributed by atoms with Crippen LogP contribution in [0.3, 0.4) is 0 Å². The van der Waals surface area contributed by atoms with Crippen molar-refractivity contribution >= 4 is 6.21 Å². The van der Waals surface area contributed by atoms with Crippen LogP contribution in [0.1, 0.15) is 40.0 Å². The Kier molecular flexibility index (Phi) is 6.24. The van der Waals surface area contributed by atoms with Gasteiger partial charge in [0.25, 0.3) is 0 Å². The summed E-state index contributed by atoms with van der Waals surface area (Å²) in [7, 11) is 0. The van der Waals surface area contributed by atoms with Crippen LogP contribution in [0, 0.1) is 0 Å². The van der Waals surface area contributed by atoms with Gasteiger partial charge in [-0.05, 0) is 19.8 Å². The van der Waals surface area contributed by atoms with Crippen LogP contribution in [0.2, 0.25) is 0 Å². The molecule has 1 unspecified atom stereocenters. The third-order valence-electron chi connectivity index (χ3n) is 1.38. The number of rotatable bonds is 5. The fraction of sp³-hybridized carbons (Fsp3) is 0.875. The lowest BCUT2D eigenvalue weighted by atomic mass is 10.2. The normalized spacial score (nSPS) is 13.9. The van der Waals surface area contributed by atoms with Crippen molar-refractivity contribution in [2.75, 3.05) is 0 Å². The van der Waals surface area contributed by atoms with Gasteiger partial charge < -0.3 is 4.84 Å². The molecular formula is C8H17NO. The summed E-state index contributed by atoms with van der Waals surface area (Å²) in [6, 6.07) is 0. The molecular weight excluding hydrogens is 126 g/mol. The van der Waals surface area contributed by atoms with E-state index in [4.69, 9.17) is 4.84 Å². The summed E-state index contributed by atoms with van der Waals surface area (Å²) in [5, 5.41) is 3.74. The van der Waals surface area contributed by atoms with Gasteiger partial charge in [-0.1, -0.05) is 25.4 Å². The van der Waals surface area contributed by atoms with E-state index in [0.717, 1.165) is 19.3 Å². The smallest absolute Gasteiger partial charge is 0.127 e. The molecule has 1 atom stereocenters. The molecule has 0 spiro atoms. The van der Waals surface area contributed by atoms with E-state index < -0.39 is 0 Å². The number of hydrogen-bond donors (Lipinski definition) is 0. The Labute approximate surface area is 63.3 Å². The van der Waals surface area contributed by atoms with Gasteiger partial charge in [0.05, 0.1) is 0 Å². The number of hydrogen-bond acceptors (Lipinski definition) is 2. The molecule has 60 valence electrons. The van der Waals surface area contributed by atoms with E-state index in [1.165, 1.54) is 0 Å². The highest BCUT2D eigenvalue weighted by atomic mass is 16.6. The molecule has 0 radical (unpaired) electrons. The summed E-state index contributed by atoms with van der Waals surface area (Å²) < 4.78 is 0. The average molecular weight is 143 g/mol. The van der Waals surface area contributed by atoms with E-state index >= 15 is 0 Å². The summed E-state index contributed by atoms with van der Waals surface area (Å²) in [5.41, 5.74) is 0. The van der Waals surface area contributed by atoms with Crippen LogP contribution in [0.25, 0.3) is 0 Å². The molecule has 0 aliphatic rings. The number of oxime groups is 1.